The number of cyclic esters (lactones) is 2. The Balaban J connectivity index is 2.81. The molecule has 3 nitrogen and oxygen atoms in total. The molecule has 0 bridgehead atoms. The summed E-state index contributed by atoms with van der Waals surface area (Å²) >= 11 is 0. The molecule has 1 heterocycles. The van der Waals surface area contributed by atoms with Gasteiger partial charge in [-0.25, -0.2) is 0 Å². The molecule has 0 spiro atoms. The van der Waals surface area contributed by atoms with Crippen molar-refractivity contribution in [2.24, 2.45) is 11.3 Å². The lowest BCUT2D eigenvalue weighted by molar-refractivity contribution is -0.161. The van der Waals surface area contributed by atoms with Gasteiger partial charge in [0.1, 0.15) is 0 Å². The highest BCUT2D eigenvalue weighted by Crippen LogP contribution is 2.34. The van der Waals surface area contributed by atoms with E-state index in [0.717, 1.165) is 12.8 Å². The molecule has 0 radical (unpaired) electrons. The van der Waals surface area contributed by atoms with Crippen molar-refractivity contribution in [2.45, 2.75) is 40.0 Å². The lowest BCUT2D eigenvalue weighted by atomic mass is 9.80. The smallest absolute Gasteiger partial charge is 0.316 e. The summed E-state index contributed by atoms with van der Waals surface area (Å²) in [5.74, 6) is -0.842. The van der Waals surface area contributed by atoms with Gasteiger partial charge in [0.2, 0.25) is 0 Å². The van der Waals surface area contributed by atoms with Crippen LogP contribution in [0.4, 0.5) is 0 Å². The van der Waals surface area contributed by atoms with Crippen LogP contribution >= 0.6 is 0 Å². The summed E-state index contributed by atoms with van der Waals surface area (Å²) in [4.78, 5) is 22.4. The second kappa shape index (κ2) is 3.48. The lowest BCUT2D eigenvalue weighted by Crippen LogP contribution is -2.19. The van der Waals surface area contributed by atoms with Gasteiger partial charge in [-0.15, -0.1) is 0 Å². The first kappa shape index (κ1) is 10.2. The molecule has 3 heteroatoms. The van der Waals surface area contributed by atoms with Crippen LogP contribution in [0.5, 0.6) is 0 Å². The highest BCUT2D eigenvalue weighted by Gasteiger charge is 2.35. The molecule has 13 heavy (non-hydrogen) atoms. The van der Waals surface area contributed by atoms with Crippen LogP contribution in [0, 0.1) is 11.3 Å². The Morgan fingerprint density at radius 1 is 1.46 bits per heavy atom. The third kappa shape index (κ3) is 2.54. The predicted octanol–water partition coefficient (Wildman–Crippen LogP) is 1.90. The molecule has 1 aliphatic heterocycles. The van der Waals surface area contributed by atoms with E-state index in [1.165, 1.54) is 0 Å². The van der Waals surface area contributed by atoms with Crippen LogP contribution in [-0.2, 0) is 14.3 Å². The molecular weight excluding hydrogens is 168 g/mol. The zero-order chi connectivity index (χ0) is 10.1. The van der Waals surface area contributed by atoms with Crippen LogP contribution in [0.2, 0.25) is 0 Å². The van der Waals surface area contributed by atoms with E-state index in [0.29, 0.717) is 6.42 Å². The summed E-state index contributed by atoms with van der Waals surface area (Å²) in [5.41, 5.74) is -0.107. The quantitative estimate of drug-likeness (QED) is 0.461. The fourth-order valence-electron chi connectivity index (χ4n) is 1.76. The minimum Gasteiger partial charge on any atom is -0.393 e. The molecule has 1 fully saturated rings. The third-order valence-corrected chi connectivity index (χ3v) is 2.46. The van der Waals surface area contributed by atoms with Crippen molar-refractivity contribution < 1.29 is 14.3 Å². The van der Waals surface area contributed by atoms with Gasteiger partial charge in [0, 0.05) is 0 Å². The van der Waals surface area contributed by atoms with Crippen molar-refractivity contribution in [2.75, 3.05) is 0 Å². The van der Waals surface area contributed by atoms with Gasteiger partial charge in [0.15, 0.2) is 0 Å². The number of hydrogen-bond acceptors (Lipinski definition) is 3. The van der Waals surface area contributed by atoms with Crippen LogP contribution in [0.15, 0.2) is 0 Å². The number of hydrogen-bond donors (Lipinski definition) is 0. The molecular formula is C10H16O3. The fourth-order valence-corrected chi connectivity index (χ4v) is 1.76. The van der Waals surface area contributed by atoms with Gasteiger partial charge >= 0.3 is 11.9 Å². The maximum atomic E-state index is 11.3. The molecule has 74 valence electrons. The maximum absolute atomic E-state index is 11.3. The summed E-state index contributed by atoms with van der Waals surface area (Å²) in [6, 6.07) is 0. The van der Waals surface area contributed by atoms with Crippen molar-refractivity contribution in [3.63, 3.8) is 0 Å². The Kier molecular flexibility index (Phi) is 2.74. The van der Waals surface area contributed by atoms with Crippen LogP contribution in [-0.4, -0.2) is 11.9 Å². The second-order valence-electron chi connectivity index (χ2n) is 4.44. The van der Waals surface area contributed by atoms with Crippen LogP contribution < -0.4 is 0 Å². The number of ether oxygens (including phenoxy) is 1. The van der Waals surface area contributed by atoms with Crippen molar-refractivity contribution in [3.05, 3.63) is 0 Å². The van der Waals surface area contributed by atoms with Gasteiger partial charge in [-0.2, -0.15) is 0 Å². The predicted molar refractivity (Wildman–Crippen MR) is 47.9 cm³/mol. The Morgan fingerprint density at radius 2 is 2.08 bits per heavy atom. The van der Waals surface area contributed by atoms with Gasteiger partial charge in [-0.05, 0) is 18.3 Å². The van der Waals surface area contributed by atoms with Crippen molar-refractivity contribution in [1.82, 2.24) is 0 Å². The molecule has 0 saturated carbocycles. The van der Waals surface area contributed by atoms with E-state index in [4.69, 9.17) is 0 Å². The Morgan fingerprint density at radius 3 is 2.62 bits per heavy atom. The fraction of sp³-hybridized carbons (Fsp3) is 0.800. The molecule has 1 atom stereocenters. The average molecular weight is 184 g/mol. The van der Waals surface area contributed by atoms with Gasteiger partial charge in [0.05, 0.1) is 12.3 Å². The van der Waals surface area contributed by atoms with Crippen molar-refractivity contribution in [3.8, 4) is 0 Å². The second-order valence-corrected chi connectivity index (χ2v) is 4.44. The molecule has 1 unspecified atom stereocenters. The normalized spacial score (nSPS) is 28.1. The molecule has 0 N–H and O–H groups in total. The Labute approximate surface area is 78.5 Å². The van der Waals surface area contributed by atoms with Gasteiger partial charge in [-0.1, -0.05) is 20.8 Å². The molecule has 0 aromatic rings. The van der Waals surface area contributed by atoms with Crippen LogP contribution in [0.25, 0.3) is 0 Å². The number of esters is 2. The summed E-state index contributed by atoms with van der Waals surface area (Å²) in [7, 11) is 0. The largest absolute Gasteiger partial charge is 0.393 e. The molecule has 1 rings (SSSR count). The van der Waals surface area contributed by atoms with E-state index in [-0.39, 0.29) is 23.3 Å². The highest BCUT2D eigenvalue weighted by atomic mass is 16.6. The van der Waals surface area contributed by atoms with E-state index in [9.17, 15) is 9.59 Å². The SMILES string of the molecule is CCC1CC(C)(C)CC(=O)OC1=O. The van der Waals surface area contributed by atoms with E-state index < -0.39 is 0 Å². The van der Waals surface area contributed by atoms with Gasteiger partial charge in [0.25, 0.3) is 0 Å². The Hall–Kier alpha value is -0.860. The summed E-state index contributed by atoms with van der Waals surface area (Å²) < 4.78 is 4.67. The van der Waals surface area contributed by atoms with E-state index in [2.05, 4.69) is 4.74 Å². The summed E-state index contributed by atoms with van der Waals surface area (Å²) in [6.07, 6.45) is 1.83. The van der Waals surface area contributed by atoms with Gasteiger partial charge in [-0.3, -0.25) is 9.59 Å². The van der Waals surface area contributed by atoms with Crippen molar-refractivity contribution in [1.29, 1.82) is 0 Å². The van der Waals surface area contributed by atoms with E-state index in [1.807, 2.05) is 20.8 Å². The third-order valence-electron chi connectivity index (χ3n) is 2.46. The molecule has 0 amide bonds. The topological polar surface area (TPSA) is 43.4 Å². The summed E-state index contributed by atoms with van der Waals surface area (Å²) in [6.45, 7) is 5.93. The van der Waals surface area contributed by atoms with Crippen LogP contribution in [0.1, 0.15) is 40.0 Å². The molecule has 1 aliphatic rings. The number of rotatable bonds is 1. The minimum absolute atomic E-state index is 0.107. The first-order valence-electron chi connectivity index (χ1n) is 4.69. The first-order valence-corrected chi connectivity index (χ1v) is 4.69. The minimum atomic E-state index is -0.383. The molecule has 1 saturated heterocycles. The number of carbonyl (C=O) groups is 2. The standard InChI is InChI=1S/C10H16O3/c1-4-7-5-10(2,3)6-8(11)13-9(7)12/h7H,4-6H2,1-3H3. The molecule has 0 aromatic carbocycles. The number of carbonyl (C=O) groups excluding carboxylic acids is 2. The zero-order valence-electron chi connectivity index (χ0n) is 8.42. The molecule has 0 aliphatic carbocycles. The van der Waals surface area contributed by atoms with E-state index >= 15 is 0 Å². The maximum Gasteiger partial charge on any atom is 0.316 e. The van der Waals surface area contributed by atoms with Crippen LogP contribution in [0.3, 0.4) is 0 Å². The Bertz CT molecular complexity index is 230. The average Bonchev–Trinajstić information content (AvgIpc) is 2.06. The monoisotopic (exact) mass is 184 g/mol. The van der Waals surface area contributed by atoms with Gasteiger partial charge < -0.3 is 4.74 Å². The summed E-state index contributed by atoms with van der Waals surface area (Å²) in [5, 5.41) is 0. The first-order chi connectivity index (χ1) is 5.94. The lowest BCUT2D eigenvalue weighted by Gasteiger charge is -2.22. The molecule has 0 aromatic heterocycles. The van der Waals surface area contributed by atoms with E-state index in [1.54, 1.807) is 0 Å². The zero-order valence-corrected chi connectivity index (χ0v) is 8.42. The highest BCUT2D eigenvalue weighted by molar-refractivity contribution is 5.88. The van der Waals surface area contributed by atoms with Crippen molar-refractivity contribution >= 4 is 11.9 Å².